The highest BCUT2D eigenvalue weighted by Gasteiger charge is 2.31. The molecule has 1 saturated heterocycles. The number of carboxylic acid groups (broad SMARTS) is 1. The van der Waals surface area contributed by atoms with Gasteiger partial charge in [0.15, 0.2) is 0 Å². The summed E-state index contributed by atoms with van der Waals surface area (Å²) in [5.41, 5.74) is 1.24. The van der Waals surface area contributed by atoms with Crippen molar-refractivity contribution in [2.24, 2.45) is 0 Å². The summed E-state index contributed by atoms with van der Waals surface area (Å²) in [6, 6.07) is 10.7. The maximum Gasteiger partial charge on any atom is 0.304 e. The number of benzene rings is 1. The van der Waals surface area contributed by atoms with Crippen molar-refractivity contribution in [1.29, 1.82) is 0 Å². The van der Waals surface area contributed by atoms with E-state index in [9.17, 15) is 4.79 Å². The molecule has 1 aromatic carbocycles. The van der Waals surface area contributed by atoms with Gasteiger partial charge in [-0.15, -0.1) is 0 Å². The maximum absolute atomic E-state index is 11.0. The van der Waals surface area contributed by atoms with E-state index in [0.717, 1.165) is 19.6 Å². The highest BCUT2D eigenvalue weighted by molar-refractivity contribution is 5.67. The Morgan fingerprint density at radius 2 is 2.00 bits per heavy atom. The third-order valence-corrected chi connectivity index (χ3v) is 3.75. The number of carbonyl (C=O) groups is 1. The van der Waals surface area contributed by atoms with Gasteiger partial charge in [-0.25, -0.2) is 0 Å². The van der Waals surface area contributed by atoms with Crippen molar-refractivity contribution >= 4 is 5.97 Å². The second-order valence-electron chi connectivity index (χ2n) is 5.48. The van der Waals surface area contributed by atoms with Crippen molar-refractivity contribution < 1.29 is 9.90 Å². The molecule has 0 amide bonds. The number of piperazine rings is 1. The van der Waals surface area contributed by atoms with Gasteiger partial charge < -0.3 is 10.0 Å². The van der Waals surface area contributed by atoms with Gasteiger partial charge >= 0.3 is 5.97 Å². The lowest BCUT2D eigenvalue weighted by molar-refractivity contribution is -0.139. The fourth-order valence-corrected chi connectivity index (χ4v) is 2.92. The summed E-state index contributed by atoms with van der Waals surface area (Å²) >= 11 is 0. The van der Waals surface area contributed by atoms with E-state index in [1.807, 2.05) is 18.2 Å². The van der Waals surface area contributed by atoms with Crippen LogP contribution in [0.3, 0.4) is 0 Å². The standard InChI is InChI=1S/C15H22N2O2/c1-12-9-16(2)11-14(8-15(18)19)17(12)10-13-6-4-3-5-7-13/h3-7,12,14H,8-11H2,1-2H3,(H,18,19). The zero-order valence-corrected chi connectivity index (χ0v) is 11.6. The predicted molar refractivity (Wildman–Crippen MR) is 75.0 cm³/mol. The summed E-state index contributed by atoms with van der Waals surface area (Å²) in [4.78, 5) is 15.6. The predicted octanol–water partition coefficient (Wildman–Crippen LogP) is 1.67. The fourth-order valence-electron chi connectivity index (χ4n) is 2.92. The van der Waals surface area contributed by atoms with Crippen molar-refractivity contribution in [1.82, 2.24) is 9.80 Å². The minimum atomic E-state index is -0.717. The molecule has 4 nitrogen and oxygen atoms in total. The topological polar surface area (TPSA) is 43.8 Å². The summed E-state index contributed by atoms with van der Waals surface area (Å²) in [5, 5.41) is 9.08. The first-order chi connectivity index (χ1) is 9.06. The molecule has 0 bridgehead atoms. The zero-order chi connectivity index (χ0) is 13.8. The average molecular weight is 262 g/mol. The number of carboxylic acids is 1. The smallest absolute Gasteiger partial charge is 0.304 e. The molecule has 2 unspecified atom stereocenters. The van der Waals surface area contributed by atoms with E-state index in [1.54, 1.807) is 0 Å². The van der Waals surface area contributed by atoms with Crippen molar-refractivity contribution in [3.63, 3.8) is 0 Å². The highest BCUT2D eigenvalue weighted by atomic mass is 16.4. The molecule has 1 N–H and O–H groups in total. The highest BCUT2D eigenvalue weighted by Crippen LogP contribution is 2.20. The van der Waals surface area contributed by atoms with E-state index in [1.165, 1.54) is 5.56 Å². The lowest BCUT2D eigenvalue weighted by atomic mass is 10.0. The van der Waals surface area contributed by atoms with Crippen LogP contribution in [0.15, 0.2) is 30.3 Å². The molecule has 1 aliphatic rings. The Morgan fingerprint density at radius 3 is 2.63 bits per heavy atom. The van der Waals surface area contributed by atoms with Crippen LogP contribution in [0.4, 0.5) is 0 Å². The summed E-state index contributed by atoms with van der Waals surface area (Å²) < 4.78 is 0. The van der Waals surface area contributed by atoms with Crippen LogP contribution in [0.1, 0.15) is 18.9 Å². The van der Waals surface area contributed by atoms with Gasteiger partial charge in [-0.05, 0) is 19.5 Å². The maximum atomic E-state index is 11.0. The lowest BCUT2D eigenvalue weighted by Gasteiger charge is -2.44. The van der Waals surface area contributed by atoms with Gasteiger partial charge in [-0.2, -0.15) is 0 Å². The number of nitrogens with zero attached hydrogens (tertiary/aromatic N) is 2. The van der Waals surface area contributed by atoms with Crippen LogP contribution in [0.2, 0.25) is 0 Å². The Hall–Kier alpha value is -1.39. The molecule has 1 aromatic rings. The van der Waals surface area contributed by atoms with E-state index in [-0.39, 0.29) is 12.5 Å². The molecule has 4 heteroatoms. The molecule has 2 rings (SSSR count). The van der Waals surface area contributed by atoms with E-state index in [4.69, 9.17) is 5.11 Å². The molecule has 104 valence electrons. The van der Waals surface area contributed by atoms with Crippen LogP contribution in [-0.2, 0) is 11.3 Å². The van der Waals surface area contributed by atoms with Gasteiger partial charge in [0.25, 0.3) is 0 Å². The van der Waals surface area contributed by atoms with Gasteiger partial charge in [-0.1, -0.05) is 30.3 Å². The van der Waals surface area contributed by atoms with Gasteiger partial charge in [0.2, 0.25) is 0 Å². The van der Waals surface area contributed by atoms with Crippen LogP contribution in [0.25, 0.3) is 0 Å². The van der Waals surface area contributed by atoms with Crippen LogP contribution >= 0.6 is 0 Å². The van der Waals surface area contributed by atoms with Crippen LogP contribution in [0.5, 0.6) is 0 Å². The third kappa shape index (κ3) is 3.78. The molecule has 0 saturated carbocycles. The van der Waals surface area contributed by atoms with Crippen molar-refractivity contribution in [3.05, 3.63) is 35.9 Å². The third-order valence-electron chi connectivity index (χ3n) is 3.75. The van der Waals surface area contributed by atoms with E-state index in [0.29, 0.717) is 6.04 Å². The van der Waals surface area contributed by atoms with E-state index in [2.05, 4.69) is 35.9 Å². The lowest BCUT2D eigenvalue weighted by Crippen LogP contribution is -2.56. The minimum absolute atomic E-state index is 0.0893. The first kappa shape index (κ1) is 14.0. The van der Waals surface area contributed by atoms with Gasteiger partial charge in [-0.3, -0.25) is 9.69 Å². The average Bonchev–Trinajstić information content (AvgIpc) is 2.34. The zero-order valence-electron chi connectivity index (χ0n) is 11.6. The Kier molecular flexibility index (Phi) is 4.56. The number of hydrogen-bond acceptors (Lipinski definition) is 3. The Balaban J connectivity index is 2.11. The number of hydrogen-bond donors (Lipinski definition) is 1. The van der Waals surface area contributed by atoms with Crippen LogP contribution < -0.4 is 0 Å². The van der Waals surface area contributed by atoms with E-state index >= 15 is 0 Å². The number of likely N-dealkylation sites (N-methyl/N-ethyl adjacent to an activating group) is 1. The molecule has 0 radical (unpaired) electrons. The van der Waals surface area contributed by atoms with E-state index < -0.39 is 5.97 Å². The summed E-state index contributed by atoms with van der Waals surface area (Å²) in [7, 11) is 2.06. The van der Waals surface area contributed by atoms with Gasteiger partial charge in [0.05, 0.1) is 6.42 Å². The quantitative estimate of drug-likeness (QED) is 0.896. The number of aliphatic carboxylic acids is 1. The molecule has 2 atom stereocenters. The molecule has 0 spiro atoms. The molecule has 0 aromatic heterocycles. The van der Waals surface area contributed by atoms with Crippen LogP contribution in [-0.4, -0.2) is 53.1 Å². The summed E-state index contributed by atoms with van der Waals surface area (Å²) in [6.45, 7) is 4.81. The van der Waals surface area contributed by atoms with Crippen molar-refractivity contribution in [3.8, 4) is 0 Å². The molecule has 1 fully saturated rings. The molecule has 1 heterocycles. The summed E-state index contributed by atoms with van der Waals surface area (Å²) in [5.74, 6) is -0.717. The normalized spacial score (nSPS) is 25.4. The second-order valence-corrected chi connectivity index (χ2v) is 5.48. The Morgan fingerprint density at radius 1 is 1.32 bits per heavy atom. The first-order valence-corrected chi connectivity index (χ1v) is 6.76. The monoisotopic (exact) mass is 262 g/mol. The minimum Gasteiger partial charge on any atom is -0.481 e. The number of rotatable bonds is 4. The molecule has 0 aliphatic carbocycles. The fraction of sp³-hybridized carbons (Fsp3) is 0.533. The van der Waals surface area contributed by atoms with Gasteiger partial charge in [0.1, 0.15) is 0 Å². The van der Waals surface area contributed by atoms with Crippen molar-refractivity contribution in [2.75, 3.05) is 20.1 Å². The molecular formula is C15H22N2O2. The summed E-state index contributed by atoms with van der Waals surface area (Å²) in [6.07, 6.45) is 0.210. The molecule has 1 aliphatic heterocycles. The van der Waals surface area contributed by atoms with Crippen LogP contribution in [0, 0.1) is 0 Å². The molecule has 19 heavy (non-hydrogen) atoms. The van der Waals surface area contributed by atoms with Gasteiger partial charge in [0, 0.05) is 31.7 Å². The first-order valence-electron chi connectivity index (χ1n) is 6.76. The van der Waals surface area contributed by atoms with Crippen molar-refractivity contribution in [2.45, 2.75) is 32.0 Å². The Bertz CT molecular complexity index is 421. The largest absolute Gasteiger partial charge is 0.481 e. The molecular weight excluding hydrogens is 240 g/mol. The SMILES string of the molecule is CC1CN(C)CC(CC(=O)O)N1Cc1ccccc1. The Labute approximate surface area is 114 Å². The second kappa shape index (κ2) is 6.17.